The van der Waals surface area contributed by atoms with Crippen molar-refractivity contribution in [2.75, 3.05) is 11.9 Å². The molecular formula is C18H25N3O. The zero-order valence-corrected chi connectivity index (χ0v) is 13.6. The van der Waals surface area contributed by atoms with E-state index >= 15 is 0 Å². The van der Waals surface area contributed by atoms with Gasteiger partial charge in [0, 0.05) is 11.9 Å². The van der Waals surface area contributed by atoms with Crippen molar-refractivity contribution in [2.24, 2.45) is 5.92 Å². The van der Waals surface area contributed by atoms with E-state index in [1.54, 1.807) is 0 Å². The summed E-state index contributed by atoms with van der Waals surface area (Å²) in [5.74, 6) is 1.42. The molecule has 2 N–H and O–H groups in total. The van der Waals surface area contributed by atoms with Crippen LogP contribution in [0.25, 0.3) is 10.8 Å². The molecule has 0 fully saturated rings. The quantitative estimate of drug-likeness (QED) is 0.756. The van der Waals surface area contributed by atoms with Gasteiger partial charge in [-0.05, 0) is 45.1 Å². The molecular weight excluding hydrogens is 274 g/mol. The van der Waals surface area contributed by atoms with Crippen molar-refractivity contribution in [3.8, 4) is 0 Å². The summed E-state index contributed by atoms with van der Waals surface area (Å²) in [7, 11) is 0. The topological polar surface area (TPSA) is 57.8 Å². The molecule has 0 radical (unpaired) electrons. The third kappa shape index (κ3) is 4.45. The fourth-order valence-corrected chi connectivity index (χ4v) is 2.49. The van der Waals surface area contributed by atoms with E-state index in [1.165, 1.54) is 12.0 Å². The minimum absolute atomic E-state index is 0.142. The number of hydrogen-bond acceptors (Lipinski definition) is 3. The number of aromatic nitrogens is 2. The fraction of sp³-hybridized carbons (Fsp3) is 0.444. The zero-order chi connectivity index (χ0) is 15.9. The average Bonchev–Trinajstić information content (AvgIpc) is 2.49. The third-order valence-electron chi connectivity index (χ3n) is 3.84. The van der Waals surface area contributed by atoms with Crippen molar-refractivity contribution in [1.82, 2.24) is 10.2 Å². The SMILES string of the molecule is CC(C)=CCCC(C)CCNc1n[nH]c(=O)c2ccccc12. The van der Waals surface area contributed by atoms with E-state index in [0.717, 1.165) is 30.6 Å². The zero-order valence-electron chi connectivity index (χ0n) is 13.6. The lowest BCUT2D eigenvalue weighted by molar-refractivity contribution is 0.510. The first kappa shape index (κ1) is 16.3. The van der Waals surface area contributed by atoms with Crippen LogP contribution in [0.4, 0.5) is 5.82 Å². The molecule has 0 spiro atoms. The molecule has 0 aliphatic rings. The van der Waals surface area contributed by atoms with Gasteiger partial charge in [-0.25, -0.2) is 5.10 Å². The van der Waals surface area contributed by atoms with Gasteiger partial charge < -0.3 is 5.32 Å². The summed E-state index contributed by atoms with van der Waals surface area (Å²) < 4.78 is 0. The molecule has 0 saturated carbocycles. The van der Waals surface area contributed by atoms with Crippen molar-refractivity contribution in [3.05, 3.63) is 46.3 Å². The van der Waals surface area contributed by atoms with Crippen molar-refractivity contribution >= 4 is 16.6 Å². The van der Waals surface area contributed by atoms with Crippen LogP contribution in [0, 0.1) is 5.92 Å². The predicted molar refractivity (Wildman–Crippen MR) is 93.3 cm³/mol. The Hall–Kier alpha value is -2.10. The van der Waals surface area contributed by atoms with Gasteiger partial charge in [0.25, 0.3) is 5.56 Å². The molecule has 1 aromatic carbocycles. The van der Waals surface area contributed by atoms with E-state index in [1.807, 2.05) is 24.3 Å². The highest BCUT2D eigenvalue weighted by Crippen LogP contribution is 2.18. The maximum Gasteiger partial charge on any atom is 0.272 e. The summed E-state index contributed by atoms with van der Waals surface area (Å²) in [6.45, 7) is 7.41. The molecule has 0 amide bonds. The molecule has 118 valence electrons. The number of benzene rings is 1. The molecule has 4 nitrogen and oxygen atoms in total. The first-order chi connectivity index (χ1) is 10.6. The Balaban J connectivity index is 1.91. The molecule has 1 atom stereocenters. The highest BCUT2D eigenvalue weighted by molar-refractivity contribution is 5.90. The first-order valence-corrected chi connectivity index (χ1v) is 7.92. The molecule has 1 unspecified atom stereocenters. The van der Waals surface area contributed by atoms with E-state index in [9.17, 15) is 4.79 Å². The van der Waals surface area contributed by atoms with E-state index in [-0.39, 0.29) is 5.56 Å². The van der Waals surface area contributed by atoms with Gasteiger partial charge in [0.15, 0.2) is 5.82 Å². The summed E-state index contributed by atoms with van der Waals surface area (Å²) in [6, 6.07) is 7.55. The fourth-order valence-electron chi connectivity index (χ4n) is 2.49. The number of fused-ring (bicyclic) bond motifs is 1. The van der Waals surface area contributed by atoms with Crippen LogP contribution in [0.2, 0.25) is 0 Å². The van der Waals surface area contributed by atoms with Crippen LogP contribution in [-0.4, -0.2) is 16.7 Å². The van der Waals surface area contributed by atoms with Crippen molar-refractivity contribution in [3.63, 3.8) is 0 Å². The summed E-state index contributed by atoms with van der Waals surface area (Å²) in [6.07, 6.45) is 5.72. The molecule has 1 aromatic heterocycles. The number of H-pyrrole nitrogens is 1. The molecule has 2 rings (SSSR count). The Morgan fingerprint density at radius 1 is 1.27 bits per heavy atom. The van der Waals surface area contributed by atoms with Gasteiger partial charge in [-0.1, -0.05) is 36.8 Å². The number of hydrogen-bond donors (Lipinski definition) is 2. The van der Waals surface area contributed by atoms with Gasteiger partial charge in [-0.15, -0.1) is 0 Å². The summed E-state index contributed by atoms with van der Waals surface area (Å²) >= 11 is 0. The van der Waals surface area contributed by atoms with Crippen LogP contribution in [-0.2, 0) is 0 Å². The highest BCUT2D eigenvalue weighted by Gasteiger charge is 2.06. The normalized spacial score (nSPS) is 12.1. The lowest BCUT2D eigenvalue weighted by Crippen LogP contribution is -2.14. The summed E-state index contributed by atoms with van der Waals surface area (Å²) in [4.78, 5) is 11.7. The number of rotatable bonds is 7. The Bertz CT molecular complexity index is 699. The number of anilines is 1. The number of nitrogens with zero attached hydrogens (tertiary/aromatic N) is 1. The lowest BCUT2D eigenvalue weighted by Gasteiger charge is -2.12. The maximum atomic E-state index is 11.7. The number of nitrogens with one attached hydrogen (secondary N) is 2. The van der Waals surface area contributed by atoms with Crippen LogP contribution in [0.15, 0.2) is 40.7 Å². The second kappa shape index (κ2) is 7.78. The van der Waals surface area contributed by atoms with Crippen LogP contribution in [0.3, 0.4) is 0 Å². The molecule has 0 aliphatic carbocycles. The second-order valence-corrected chi connectivity index (χ2v) is 6.13. The Kier molecular flexibility index (Phi) is 5.75. The second-order valence-electron chi connectivity index (χ2n) is 6.13. The maximum absolute atomic E-state index is 11.7. The van der Waals surface area contributed by atoms with Crippen LogP contribution in [0.1, 0.15) is 40.0 Å². The van der Waals surface area contributed by atoms with E-state index in [4.69, 9.17) is 0 Å². The Morgan fingerprint density at radius 2 is 2.00 bits per heavy atom. The molecule has 0 bridgehead atoms. The summed E-state index contributed by atoms with van der Waals surface area (Å²) in [5.41, 5.74) is 1.24. The van der Waals surface area contributed by atoms with Gasteiger partial charge in [0.05, 0.1) is 5.39 Å². The van der Waals surface area contributed by atoms with Gasteiger partial charge >= 0.3 is 0 Å². The van der Waals surface area contributed by atoms with Crippen molar-refractivity contribution < 1.29 is 0 Å². The van der Waals surface area contributed by atoms with Crippen LogP contribution < -0.4 is 10.9 Å². The molecule has 2 aromatic rings. The molecule has 1 heterocycles. The highest BCUT2D eigenvalue weighted by atomic mass is 16.1. The van der Waals surface area contributed by atoms with Gasteiger partial charge in [0.1, 0.15) is 0 Å². The Morgan fingerprint density at radius 3 is 2.73 bits per heavy atom. The van der Waals surface area contributed by atoms with Gasteiger partial charge in [0.2, 0.25) is 0 Å². The van der Waals surface area contributed by atoms with E-state index in [2.05, 4.69) is 42.4 Å². The minimum atomic E-state index is -0.142. The van der Waals surface area contributed by atoms with E-state index < -0.39 is 0 Å². The standard InChI is InChI=1S/C18H25N3O/c1-13(2)7-6-8-14(3)11-12-19-17-15-9-4-5-10-16(15)18(22)21-20-17/h4-5,7,9-10,14H,6,8,11-12H2,1-3H3,(H,19,20)(H,21,22). The van der Waals surface area contributed by atoms with E-state index in [0.29, 0.717) is 11.3 Å². The molecule has 4 heteroatoms. The first-order valence-electron chi connectivity index (χ1n) is 7.92. The van der Waals surface area contributed by atoms with Crippen molar-refractivity contribution in [1.29, 1.82) is 0 Å². The monoisotopic (exact) mass is 299 g/mol. The number of aromatic amines is 1. The van der Waals surface area contributed by atoms with Crippen molar-refractivity contribution in [2.45, 2.75) is 40.0 Å². The number of allylic oxidation sites excluding steroid dienone is 2. The van der Waals surface area contributed by atoms with Gasteiger partial charge in [-0.3, -0.25) is 4.79 Å². The molecule has 0 aliphatic heterocycles. The lowest BCUT2D eigenvalue weighted by atomic mass is 10.0. The predicted octanol–water partition coefficient (Wildman–Crippen LogP) is 4.11. The van der Waals surface area contributed by atoms with Crippen LogP contribution >= 0.6 is 0 Å². The average molecular weight is 299 g/mol. The van der Waals surface area contributed by atoms with Gasteiger partial charge in [-0.2, -0.15) is 5.10 Å². The smallest absolute Gasteiger partial charge is 0.272 e. The van der Waals surface area contributed by atoms with Crippen LogP contribution in [0.5, 0.6) is 0 Å². The largest absolute Gasteiger partial charge is 0.368 e. The summed E-state index contributed by atoms with van der Waals surface area (Å²) in [5, 5.41) is 11.6. The third-order valence-corrected chi connectivity index (χ3v) is 3.84. The minimum Gasteiger partial charge on any atom is -0.368 e. The Labute approximate surface area is 131 Å². The molecule has 0 saturated heterocycles. The molecule has 22 heavy (non-hydrogen) atoms.